The fraction of sp³-hybridized carbons (Fsp3) is 0.500. The first-order valence-electron chi connectivity index (χ1n) is 4.03. The molecule has 1 aromatic heterocycles. The number of methoxy groups -OCH3 is 1. The van der Waals surface area contributed by atoms with E-state index in [9.17, 15) is 4.79 Å². The number of anilines is 1. The van der Waals surface area contributed by atoms with E-state index in [4.69, 9.17) is 0 Å². The van der Waals surface area contributed by atoms with E-state index in [1.807, 2.05) is 13.8 Å². The Morgan fingerprint density at radius 1 is 1.69 bits per heavy atom. The van der Waals surface area contributed by atoms with Crippen molar-refractivity contribution >= 4 is 11.9 Å². The summed E-state index contributed by atoms with van der Waals surface area (Å²) in [7, 11) is 1.31. The standard InChI is InChI=1S/C8H13N3O2/c1-5(2)6-4-7(11-10-6)9-8(12)13-3/h4-5H,1-3H3,(H2,9,10,11,12). The minimum atomic E-state index is -0.512. The number of carbonyl (C=O) groups excluding carboxylic acids is 1. The van der Waals surface area contributed by atoms with Crippen molar-refractivity contribution in [2.45, 2.75) is 19.8 Å². The maximum Gasteiger partial charge on any atom is 0.412 e. The van der Waals surface area contributed by atoms with Gasteiger partial charge in [0.1, 0.15) is 0 Å². The van der Waals surface area contributed by atoms with Gasteiger partial charge in [0.05, 0.1) is 7.11 Å². The summed E-state index contributed by atoms with van der Waals surface area (Å²) in [5.74, 6) is 0.844. The molecular formula is C8H13N3O2. The quantitative estimate of drug-likeness (QED) is 0.733. The minimum Gasteiger partial charge on any atom is -0.453 e. The molecule has 0 saturated heterocycles. The lowest BCUT2D eigenvalue weighted by Crippen LogP contribution is -2.10. The lowest BCUT2D eigenvalue weighted by molar-refractivity contribution is 0.187. The second-order valence-corrected chi connectivity index (χ2v) is 2.98. The first kappa shape index (κ1) is 9.57. The molecule has 1 amide bonds. The highest BCUT2D eigenvalue weighted by molar-refractivity contribution is 5.83. The Balaban J connectivity index is 2.64. The van der Waals surface area contributed by atoms with Gasteiger partial charge >= 0.3 is 6.09 Å². The molecule has 0 unspecified atom stereocenters. The van der Waals surface area contributed by atoms with Crippen LogP contribution in [0.1, 0.15) is 25.5 Å². The smallest absolute Gasteiger partial charge is 0.412 e. The fourth-order valence-electron chi connectivity index (χ4n) is 0.852. The highest BCUT2D eigenvalue weighted by Gasteiger charge is 2.06. The van der Waals surface area contributed by atoms with Gasteiger partial charge in [-0.1, -0.05) is 13.8 Å². The second kappa shape index (κ2) is 3.93. The van der Waals surface area contributed by atoms with Crippen LogP contribution < -0.4 is 5.32 Å². The molecule has 5 nitrogen and oxygen atoms in total. The van der Waals surface area contributed by atoms with E-state index in [0.717, 1.165) is 5.69 Å². The molecule has 5 heteroatoms. The number of aromatic nitrogens is 2. The Kier molecular flexibility index (Phi) is 2.89. The monoisotopic (exact) mass is 183 g/mol. The molecule has 0 atom stereocenters. The van der Waals surface area contributed by atoms with Crippen LogP contribution in [0.15, 0.2) is 6.07 Å². The number of aromatic amines is 1. The Morgan fingerprint density at radius 2 is 2.38 bits per heavy atom. The van der Waals surface area contributed by atoms with Crippen molar-refractivity contribution in [2.24, 2.45) is 0 Å². The normalized spacial score (nSPS) is 10.2. The number of nitrogens with zero attached hydrogens (tertiary/aromatic N) is 1. The maximum atomic E-state index is 10.8. The average Bonchev–Trinajstić information content (AvgIpc) is 2.52. The third-order valence-corrected chi connectivity index (χ3v) is 1.64. The average molecular weight is 183 g/mol. The molecule has 2 N–H and O–H groups in total. The van der Waals surface area contributed by atoms with E-state index in [-0.39, 0.29) is 0 Å². The maximum absolute atomic E-state index is 10.8. The van der Waals surface area contributed by atoms with Gasteiger partial charge in [0, 0.05) is 11.8 Å². The van der Waals surface area contributed by atoms with Crippen molar-refractivity contribution in [1.29, 1.82) is 0 Å². The summed E-state index contributed by atoms with van der Waals surface area (Å²) in [5, 5.41) is 9.17. The Bertz CT molecular complexity index is 293. The third kappa shape index (κ3) is 2.47. The molecule has 0 aliphatic rings. The zero-order chi connectivity index (χ0) is 9.84. The number of H-pyrrole nitrogens is 1. The van der Waals surface area contributed by atoms with Crippen LogP contribution in [0.3, 0.4) is 0 Å². The number of hydrogen-bond donors (Lipinski definition) is 2. The second-order valence-electron chi connectivity index (χ2n) is 2.98. The largest absolute Gasteiger partial charge is 0.453 e. The highest BCUT2D eigenvalue weighted by atomic mass is 16.5. The van der Waals surface area contributed by atoms with E-state index in [0.29, 0.717) is 11.7 Å². The SMILES string of the molecule is COC(=O)Nc1cc(C(C)C)[nH]n1. The number of amides is 1. The molecule has 0 aliphatic heterocycles. The predicted octanol–water partition coefficient (Wildman–Crippen LogP) is 1.71. The van der Waals surface area contributed by atoms with Crippen LogP contribution in [0.25, 0.3) is 0 Å². The van der Waals surface area contributed by atoms with Crippen LogP contribution in [0, 0.1) is 0 Å². The molecule has 0 aliphatic carbocycles. The van der Waals surface area contributed by atoms with Gasteiger partial charge in [0.2, 0.25) is 0 Å². The zero-order valence-electron chi connectivity index (χ0n) is 7.92. The third-order valence-electron chi connectivity index (χ3n) is 1.64. The number of rotatable bonds is 2. The molecule has 0 saturated carbocycles. The number of carbonyl (C=O) groups is 1. The molecular weight excluding hydrogens is 170 g/mol. The van der Waals surface area contributed by atoms with Gasteiger partial charge in [-0.3, -0.25) is 10.4 Å². The van der Waals surface area contributed by atoms with Crippen molar-refractivity contribution in [1.82, 2.24) is 10.2 Å². The van der Waals surface area contributed by atoms with Crippen LogP contribution >= 0.6 is 0 Å². The van der Waals surface area contributed by atoms with E-state index >= 15 is 0 Å². The Labute approximate surface area is 76.5 Å². The summed E-state index contributed by atoms with van der Waals surface area (Å²) in [5.41, 5.74) is 0.978. The summed E-state index contributed by atoms with van der Waals surface area (Å²) >= 11 is 0. The van der Waals surface area contributed by atoms with Crippen LogP contribution in [0.4, 0.5) is 10.6 Å². The molecule has 0 fully saturated rings. The Hall–Kier alpha value is -1.52. The fourth-order valence-corrected chi connectivity index (χ4v) is 0.852. The van der Waals surface area contributed by atoms with Crippen molar-refractivity contribution in [3.63, 3.8) is 0 Å². The molecule has 0 radical (unpaired) electrons. The number of ether oxygens (including phenoxy) is 1. The minimum absolute atomic E-state index is 0.362. The van der Waals surface area contributed by atoms with Crippen molar-refractivity contribution < 1.29 is 9.53 Å². The highest BCUT2D eigenvalue weighted by Crippen LogP contribution is 2.14. The zero-order valence-corrected chi connectivity index (χ0v) is 7.92. The van der Waals surface area contributed by atoms with Gasteiger partial charge in [-0.25, -0.2) is 4.79 Å². The van der Waals surface area contributed by atoms with Gasteiger partial charge in [0.15, 0.2) is 5.82 Å². The molecule has 0 aromatic carbocycles. The number of hydrogen-bond acceptors (Lipinski definition) is 3. The molecule has 0 bridgehead atoms. The van der Waals surface area contributed by atoms with E-state index in [2.05, 4.69) is 20.3 Å². The molecule has 0 spiro atoms. The molecule has 72 valence electrons. The summed E-state index contributed by atoms with van der Waals surface area (Å²) in [4.78, 5) is 10.8. The van der Waals surface area contributed by atoms with Gasteiger partial charge in [-0.05, 0) is 5.92 Å². The van der Waals surface area contributed by atoms with Gasteiger partial charge in [0.25, 0.3) is 0 Å². The Morgan fingerprint density at radius 3 is 2.85 bits per heavy atom. The predicted molar refractivity (Wildman–Crippen MR) is 48.7 cm³/mol. The summed E-state index contributed by atoms with van der Waals surface area (Å²) < 4.78 is 4.42. The van der Waals surface area contributed by atoms with Gasteiger partial charge in [-0.2, -0.15) is 5.10 Å². The van der Waals surface area contributed by atoms with E-state index in [1.165, 1.54) is 7.11 Å². The first-order chi connectivity index (χ1) is 6.13. The van der Waals surface area contributed by atoms with Crippen LogP contribution in [-0.4, -0.2) is 23.4 Å². The van der Waals surface area contributed by atoms with Gasteiger partial charge < -0.3 is 4.74 Å². The molecule has 1 heterocycles. The van der Waals surface area contributed by atoms with Crippen molar-refractivity contribution in [3.05, 3.63) is 11.8 Å². The molecule has 1 aromatic rings. The van der Waals surface area contributed by atoms with E-state index < -0.39 is 6.09 Å². The van der Waals surface area contributed by atoms with Gasteiger partial charge in [-0.15, -0.1) is 0 Å². The summed E-state index contributed by atoms with van der Waals surface area (Å²) in [6.45, 7) is 4.07. The molecule has 13 heavy (non-hydrogen) atoms. The molecule has 1 rings (SSSR count). The van der Waals surface area contributed by atoms with Crippen molar-refractivity contribution in [3.8, 4) is 0 Å². The first-order valence-corrected chi connectivity index (χ1v) is 4.03. The van der Waals surface area contributed by atoms with E-state index in [1.54, 1.807) is 6.07 Å². The van der Waals surface area contributed by atoms with Crippen molar-refractivity contribution in [2.75, 3.05) is 12.4 Å². The summed E-state index contributed by atoms with van der Waals surface area (Å²) in [6.07, 6.45) is -0.512. The number of nitrogens with one attached hydrogen (secondary N) is 2. The van der Waals surface area contributed by atoms with Crippen LogP contribution in [-0.2, 0) is 4.74 Å². The lowest BCUT2D eigenvalue weighted by atomic mass is 10.1. The lowest BCUT2D eigenvalue weighted by Gasteiger charge is -1.98. The topological polar surface area (TPSA) is 67.0 Å². The van der Waals surface area contributed by atoms with Crippen LogP contribution in [0.2, 0.25) is 0 Å². The summed E-state index contributed by atoms with van der Waals surface area (Å²) in [6, 6.07) is 1.78. The van der Waals surface area contributed by atoms with Crippen LogP contribution in [0.5, 0.6) is 0 Å².